The summed E-state index contributed by atoms with van der Waals surface area (Å²) in [6, 6.07) is 0.594. The van der Waals surface area contributed by atoms with E-state index in [1.54, 1.807) is 0 Å². The molecular formula is C14H26N2O2. The van der Waals surface area contributed by atoms with Gasteiger partial charge in [-0.25, -0.2) is 4.79 Å². The molecule has 0 unspecified atom stereocenters. The Labute approximate surface area is 110 Å². The Morgan fingerprint density at radius 2 is 1.94 bits per heavy atom. The van der Waals surface area contributed by atoms with Gasteiger partial charge in [0.1, 0.15) is 6.10 Å². The highest BCUT2D eigenvalue weighted by Gasteiger charge is 2.33. The number of nitrogens with one attached hydrogen (secondary N) is 1. The Morgan fingerprint density at radius 1 is 1.33 bits per heavy atom. The first-order valence-electron chi connectivity index (χ1n) is 7.21. The van der Waals surface area contributed by atoms with Crippen LogP contribution in [0, 0.1) is 0 Å². The summed E-state index contributed by atoms with van der Waals surface area (Å²) in [5.41, 5.74) is -0.0911. The van der Waals surface area contributed by atoms with Crippen LogP contribution in [-0.2, 0) is 4.74 Å². The topological polar surface area (TPSA) is 41.6 Å². The number of amides is 1. The summed E-state index contributed by atoms with van der Waals surface area (Å²) >= 11 is 0. The highest BCUT2D eigenvalue weighted by molar-refractivity contribution is 5.68. The van der Waals surface area contributed by atoms with Gasteiger partial charge in [-0.05, 0) is 52.9 Å². The maximum absolute atomic E-state index is 11.8. The summed E-state index contributed by atoms with van der Waals surface area (Å²) in [4.78, 5) is 14.2. The molecule has 18 heavy (non-hydrogen) atoms. The van der Waals surface area contributed by atoms with Crippen LogP contribution >= 0.6 is 0 Å². The summed E-state index contributed by atoms with van der Waals surface area (Å²) < 4.78 is 5.36. The van der Waals surface area contributed by atoms with E-state index < -0.39 is 0 Å². The SMILES string of the molecule is CC(C)N1CCC(C)(NC(=O)OC2CCC2)CC1. The average Bonchev–Trinajstić information content (AvgIpc) is 2.23. The van der Waals surface area contributed by atoms with E-state index in [4.69, 9.17) is 4.74 Å². The zero-order valence-corrected chi connectivity index (χ0v) is 11.9. The minimum atomic E-state index is -0.222. The minimum Gasteiger partial charge on any atom is -0.446 e. The Bertz CT molecular complexity index is 292. The molecule has 0 aromatic carbocycles. The number of alkyl carbamates (subject to hydrolysis) is 1. The van der Waals surface area contributed by atoms with E-state index in [1.165, 1.54) is 6.42 Å². The number of rotatable bonds is 3. The number of likely N-dealkylation sites (tertiary alicyclic amines) is 1. The first-order valence-corrected chi connectivity index (χ1v) is 7.21. The number of piperidine rings is 1. The van der Waals surface area contributed by atoms with Crippen LogP contribution in [-0.4, -0.2) is 41.8 Å². The minimum absolute atomic E-state index is 0.0911. The highest BCUT2D eigenvalue weighted by atomic mass is 16.6. The molecule has 1 amide bonds. The van der Waals surface area contributed by atoms with Crippen molar-refractivity contribution >= 4 is 6.09 Å². The van der Waals surface area contributed by atoms with E-state index in [9.17, 15) is 4.79 Å². The monoisotopic (exact) mass is 254 g/mol. The molecule has 1 heterocycles. The predicted molar refractivity (Wildman–Crippen MR) is 71.6 cm³/mol. The number of carbonyl (C=O) groups excluding carboxylic acids is 1. The summed E-state index contributed by atoms with van der Waals surface area (Å²) in [6.45, 7) is 8.68. The molecule has 4 heteroatoms. The van der Waals surface area contributed by atoms with Crippen LogP contribution in [0.25, 0.3) is 0 Å². The van der Waals surface area contributed by atoms with Crippen molar-refractivity contribution in [2.24, 2.45) is 0 Å². The molecule has 1 saturated carbocycles. The summed E-state index contributed by atoms with van der Waals surface area (Å²) in [5.74, 6) is 0. The van der Waals surface area contributed by atoms with Gasteiger partial charge in [-0.2, -0.15) is 0 Å². The van der Waals surface area contributed by atoms with Crippen LogP contribution in [0.4, 0.5) is 4.79 Å². The molecule has 2 fully saturated rings. The fraction of sp³-hybridized carbons (Fsp3) is 0.929. The van der Waals surface area contributed by atoms with Gasteiger partial charge >= 0.3 is 6.09 Å². The molecule has 0 bridgehead atoms. The Kier molecular flexibility index (Phi) is 4.15. The van der Waals surface area contributed by atoms with Crippen molar-refractivity contribution in [3.05, 3.63) is 0 Å². The van der Waals surface area contributed by atoms with Gasteiger partial charge in [0.15, 0.2) is 0 Å². The Hall–Kier alpha value is -0.770. The zero-order valence-electron chi connectivity index (χ0n) is 11.9. The molecule has 1 aliphatic heterocycles. The third kappa shape index (κ3) is 3.37. The molecule has 104 valence electrons. The first kappa shape index (κ1) is 13.7. The number of carbonyl (C=O) groups is 1. The highest BCUT2D eigenvalue weighted by Crippen LogP contribution is 2.25. The Morgan fingerprint density at radius 3 is 2.39 bits per heavy atom. The molecule has 1 aliphatic carbocycles. The van der Waals surface area contributed by atoms with Crippen LogP contribution in [0.5, 0.6) is 0 Å². The number of nitrogens with zero attached hydrogens (tertiary/aromatic N) is 1. The number of ether oxygens (including phenoxy) is 1. The van der Waals surface area contributed by atoms with E-state index in [0.717, 1.165) is 38.8 Å². The van der Waals surface area contributed by atoms with Gasteiger partial charge in [-0.3, -0.25) is 0 Å². The lowest BCUT2D eigenvalue weighted by Gasteiger charge is -2.41. The molecule has 2 rings (SSSR count). The fourth-order valence-electron chi connectivity index (χ4n) is 2.57. The molecule has 0 atom stereocenters. The van der Waals surface area contributed by atoms with Crippen LogP contribution in [0.2, 0.25) is 0 Å². The lowest BCUT2D eigenvalue weighted by atomic mass is 9.89. The second-order valence-electron chi connectivity index (χ2n) is 6.27. The molecule has 0 aromatic rings. The molecule has 0 spiro atoms. The van der Waals surface area contributed by atoms with Crippen molar-refractivity contribution in [1.29, 1.82) is 0 Å². The van der Waals surface area contributed by atoms with Gasteiger partial charge in [0, 0.05) is 24.7 Å². The van der Waals surface area contributed by atoms with Crippen LogP contribution in [0.3, 0.4) is 0 Å². The van der Waals surface area contributed by atoms with Crippen LogP contribution in [0.15, 0.2) is 0 Å². The average molecular weight is 254 g/mol. The van der Waals surface area contributed by atoms with Gasteiger partial charge < -0.3 is 15.0 Å². The quantitative estimate of drug-likeness (QED) is 0.841. The maximum Gasteiger partial charge on any atom is 0.407 e. The van der Waals surface area contributed by atoms with E-state index in [0.29, 0.717) is 6.04 Å². The van der Waals surface area contributed by atoms with Crippen molar-refractivity contribution in [2.45, 2.75) is 70.6 Å². The molecule has 2 aliphatic rings. The second kappa shape index (κ2) is 5.47. The first-order chi connectivity index (χ1) is 8.48. The molecule has 0 aromatic heterocycles. The third-order valence-electron chi connectivity index (χ3n) is 4.36. The number of hydrogen-bond acceptors (Lipinski definition) is 3. The largest absolute Gasteiger partial charge is 0.446 e. The lowest BCUT2D eigenvalue weighted by molar-refractivity contribution is 0.0398. The van der Waals surface area contributed by atoms with Gasteiger partial charge in [0.05, 0.1) is 0 Å². The molecule has 0 radical (unpaired) electrons. The van der Waals surface area contributed by atoms with E-state index >= 15 is 0 Å². The van der Waals surface area contributed by atoms with Crippen molar-refractivity contribution in [3.63, 3.8) is 0 Å². The van der Waals surface area contributed by atoms with E-state index in [2.05, 4.69) is 31.0 Å². The van der Waals surface area contributed by atoms with Crippen molar-refractivity contribution < 1.29 is 9.53 Å². The molecule has 4 nitrogen and oxygen atoms in total. The maximum atomic E-state index is 11.8. The van der Waals surface area contributed by atoms with E-state index in [1.807, 2.05) is 0 Å². The lowest BCUT2D eigenvalue weighted by Crippen LogP contribution is -2.55. The third-order valence-corrected chi connectivity index (χ3v) is 4.36. The molecule has 1 saturated heterocycles. The standard InChI is InChI=1S/C14H26N2O2/c1-11(2)16-9-7-14(3,8-10-16)15-13(17)18-12-5-4-6-12/h11-12H,4-10H2,1-3H3,(H,15,17). The fourth-order valence-corrected chi connectivity index (χ4v) is 2.57. The van der Waals surface area contributed by atoms with Gasteiger partial charge in [0.2, 0.25) is 0 Å². The smallest absolute Gasteiger partial charge is 0.407 e. The van der Waals surface area contributed by atoms with Crippen LogP contribution < -0.4 is 5.32 Å². The summed E-state index contributed by atoms with van der Waals surface area (Å²) in [7, 11) is 0. The van der Waals surface area contributed by atoms with Crippen molar-refractivity contribution in [1.82, 2.24) is 10.2 Å². The van der Waals surface area contributed by atoms with Crippen molar-refractivity contribution in [2.75, 3.05) is 13.1 Å². The zero-order chi connectivity index (χ0) is 13.2. The Balaban J connectivity index is 1.76. The van der Waals surface area contributed by atoms with Gasteiger partial charge in [0.25, 0.3) is 0 Å². The summed E-state index contributed by atoms with van der Waals surface area (Å²) in [5, 5.41) is 3.07. The second-order valence-corrected chi connectivity index (χ2v) is 6.27. The van der Waals surface area contributed by atoms with Crippen LogP contribution in [0.1, 0.15) is 52.9 Å². The molecular weight excluding hydrogens is 228 g/mol. The van der Waals surface area contributed by atoms with Gasteiger partial charge in [-0.15, -0.1) is 0 Å². The predicted octanol–water partition coefficient (Wildman–Crippen LogP) is 2.53. The molecule has 1 N–H and O–H groups in total. The number of hydrogen-bond donors (Lipinski definition) is 1. The van der Waals surface area contributed by atoms with Gasteiger partial charge in [-0.1, -0.05) is 0 Å². The summed E-state index contributed by atoms with van der Waals surface area (Å²) in [6.07, 6.45) is 5.22. The van der Waals surface area contributed by atoms with Crippen molar-refractivity contribution in [3.8, 4) is 0 Å². The normalized spacial score (nSPS) is 24.7. The van der Waals surface area contributed by atoms with E-state index in [-0.39, 0.29) is 17.7 Å².